The highest BCUT2D eigenvalue weighted by Gasteiger charge is 2.20. The first kappa shape index (κ1) is 24.4. The molecule has 6 nitrogen and oxygen atoms in total. The van der Waals surface area contributed by atoms with Crippen LogP contribution in [0, 0.1) is 13.8 Å². The van der Waals surface area contributed by atoms with Crippen molar-refractivity contribution in [1.82, 2.24) is 14.5 Å². The summed E-state index contributed by atoms with van der Waals surface area (Å²) in [6.45, 7) is 8.20. The number of ether oxygens (including phenoxy) is 1. The lowest BCUT2D eigenvalue weighted by atomic mass is 9.95. The molecule has 0 saturated heterocycles. The van der Waals surface area contributed by atoms with Crippen molar-refractivity contribution in [3.63, 3.8) is 0 Å². The van der Waals surface area contributed by atoms with Gasteiger partial charge in [0.15, 0.2) is 0 Å². The summed E-state index contributed by atoms with van der Waals surface area (Å²) < 4.78 is 13.6. The van der Waals surface area contributed by atoms with E-state index in [1.165, 1.54) is 37.7 Å². The maximum Gasteiger partial charge on any atom is 0.141 e. The number of hydrogen-bond acceptors (Lipinski definition) is 5. The second kappa shape index (κ2) is 10.8. The van der Waals surface area contributed by atoms with Crippen LogP contribution in [0.15, 0.2) is 47.1 Å². The molecule has 3 heterocycles. The van der Waals surface area contributed by atoms with E-state index in [4.69, 9.17) is 14.2 Å². The number of fused-ring (bicyclic) bond motifs is 1. The molecule has 1 atom stereocenters. The van der Waals surface area contributed by atoms with Gasteiger partial charge in [-0.3, -0.25) is 4.40 Å². The van der Waals surface area contributed by atoms with Crippen molar-refractivity contribution in [3.05, 3.63) is 65.3 Å². The quantitative estimate of drug-likeness (QED) is 0.269. The average molecular weight is 487 g/mol. The van der Waals surface area contributed by atoms with Gasteiger partial charge in [-0.1, -0.05) is 43.5 Å². The Morgan fingerprint density at radius 1 is 1.08 bits per heavy atom. The minimum atomic E-state index is 0.234. The standard InChI is InChI=1S/C30H38N4O2/c1-5-20(2)35-26-14-11-23(12-15-26)13-16-27-30(31-25-9-7-6-8-10-25)34-18-17-24(19-28(34)32-27)29-21(3)33-36-22(29)4/h11-12,14-15,17-20,25,31H,5-10,13,16H2,1-4H3. The summed E-state index contributed by atoms with van der Waals surface area (Å²) in [6, 6.07) is 13.3. The normalized spacial score (nSPS) is 15.3. The van der Waals surface area contributed by atoms with Crippen LogP contribution in [0.25, 0.3) is 16.8 Å². The number of pyridine rings is 1. The van der Waals surface area contributed by atoms with Crippen LogP contribution in [0.5, 0.6) is 5.75 Å². The van der Waals surface area contributed by atoms with Crippen molar-refractivity contribution in [2.75, 3.05) is 5.32 Å². The van der Waals surface area contributed by atoms with Gasteiger partial charge < -0.3 is 14.6 Å². The van der Waals surface area contributed by atoms with Crippen LogP contribution in [-0.2, 0) is 12.8 Å². The van der Waals surface area contributed by atoms with E-state index in [0.717, 1.165) is 64.8 Å². The largest absolute Gasteiger partial charge is 0.491 e. The summed E-state index contributed by atoms with van der Waals surface area (Å²) in [7, 11) is 0. The minimum absolute atomic E-state index is 0.234. The summed E-state index contributed by atoms with van der Waals surface area (Å²) in [5.41, 5.74) is 6.43. The lowest BCUT2D eigenvalue weighted by Gasteiger charge is -2.24. The van der Waals surface area contributed by atoms with Gasteiger partial charge in [0.1, 0.15) is 23.0 Å². The number of nitrogens with one attached hydrogen (secondary N) is 1. The van der Waals surface area contributed by atoms with Gasteiger partial charge in [0, 0.05) is 17.8 Å². The van der Waals surface area contributed by atoms with Crippen LogP contribution >= 0.6 is 0 Å². The SMILES string of the molecule is CCC(C)Oc1ccc(CCc2nc3cc(-c4c(C)noc4C)ccn3c2NC2CCCCC2)cc1. The zero-order valence-corrected chi connectivity index (χ0v) is 22.0. The van der Waals surface area contributed by atoms with Crippen LogP contribution in [-0.4, -0.2) is 26.7 Å². The summed E-state index contributed by atoms with van der Waals surface area (Å²) >= 11 is 0. The van der Waals surface area contributed by atoms with Crippen LogP contribution in [0.2, 0.25) is 0 Å². The van der Waals surface area contributed by atoms with Crippen LogP contribution in [0.3, 0.4) is 0 Å². The fraction of sp³-hybridized carbons (Fsp3) is 0.467. The first-order valence-electron chi connectivity index (χ1n) is 13.5. The van der Waals surface area contributed by atoms with Gasteiger partial charge in [0.25, 0.3) is 0 Å². The lowest BCUT2D eigenvalue weighted by Crippen LogP contribution is -2.23. The Morgan fingerprint density at radius 3 is 2.56 bits per heavy atom. The molecule has 0 aliphatic heterocycles. The molecule has 4 aromatic rings. The number of nitrogens with zero attached hydrogens (tertiary/aromatic N) is 3. The van der Waals surface area contributed by atoms with Gasteiger partial charge in [0.2, 0.25) is 0 Å². The molecule has 0 radical (unpaired) electrons. The molecule has 1 saturated carbocycles. The molecule has 0 amide bonds. The molecule has 5 rings (SSSR count). The van der Waals surface area contributed by atoms with Gasteiger partial charge >= 0.3 is 0 Å². The Kier molecular flexibility index (Phi) is 7.30. The monoisotopic (exact) mass is 486 g/mol. The topological polar surface area (TPSA) is 64.6 Å². The van der Waals surface area contributed by atoms with Crippen molar-refractivity contribution >= 4 is 11.5 Å². The number of imidazole rings is 1. The first-order valence-corrected chi connectivity index (χ1v) is 13.5. The molecule has 1 unspecified atom stereocenters. The third-order valence-electron chi connectivity index (χ3n) is 7.45. The maximum absolute atomic E-state index is 5.95. The summed E-state index contributed by atoms with van der Waals surface area (Å²) in [5.74, 6) is 2.91. The van der Waals surface area contributed by atoms with E-state index in [2.05, 4.69) is 71.3 Å². The van der Waals surface area contributed by atoms with Crippen molar-refractivity contribution < 1.29 is 9.26 Å². The molecule has 0 spiro atoms. The van der Waals surface area contributed by atoms with Crippen LogP contribution in [0.1, 0.15) is 75.1 Å². The van der Waals surface area contributed by atoms with E-state index >= 15 is 0 Å². The van der Waals surface area contributed by atoms with Crippen molar-refractivity contribution in [1.29, 1.82) is 0 Å². The number of anilines is 1. The number of aromatic nitrogens is 3. The maximum atomic E-state index is 5.95. The average Bonchev–Trinajstić information content (AvgIpc) is 3.42. The molecule has 1 N–H and O–H groups in total. The molecule has 0 bridgehead atoms. The smallest absolute Gasteiger partial charge is 0.141 e. The molecular formula is C30H38N4O2. The van der Waals surface area contributed by atoms with Crippen molar-refractivity contribution in [2.24, 2.45) is 0 Å². The van der Waals surface area contributed by atoms with Crippen LogP contribution < -0.4 is 10.1 Å². The van der Waals surface area contributed by atoms with Gasteiger partial charge in [-0.25, -0.2) is 4.98 Å². The lowest BCUT2D eigenvalue weighted by molar-refractivity contribution is 0.217. The predicted octanol–water partition coefficient (Wildman–Crippen LogP) is 7.31. The number of hydrogen-bond donors (Lipinski definition) is 1. The summed E-state index contributed by atoms with van der Waals surface area (Å²) in [4.78, 5) is 5.12. The minimum Gasteiger partial charge on any atom is -0.491 e. The fourth-order valence-electron chi connectivity index (χ4n) is 5.22. The highest BCUT2D eigenvalue weighted by atomic mass is 16.5. The molecule has 1 aromatic carbocycles. The second-order valence-electron chi connectivity index (χ2n) is 10.2. The molecule has 1 aliphatic carbocycles. The Balaban J connectivity index is 1.41. The third-order valence-corrected chi connectivity index (χ3v) is 7.45. The number of benzene rings is 1. The van der Waals surface area contributed by atoms with Gasteiger partial charge in [-0.05, 0) is 88.3 Å². The van der Waals surface area contributed by atoms with E-state index in [9.17, 15) is 0 Å². The first-order chi connectivity index (χ1) is 17.5. The molecule has 1 fully saturated rings. The fourth-order valence-corrected chi connectivity index (χ4v) is 5.22. The molecule has 3 aromatic heterocycles. The zero-order valence-electron chi connectivity index (χ0n) is 22.0. The Hall–Kier alpha value is -3.28. The molecule has 36 heavy (non-hydrogen) atoms. The number of aryl methyl sites for hydroxylation is 4. The van der Waals surface area contributed by atoms with E-state index in [1.54, 1.807) is 0 Å². The van der Waals surface area contributed by atoms with E-state index in [0.29, 0.717) is 6.04 Å². The second-order valence-corrected chi connectivity index (χ2v) is 10.2. The predicted molar refractivity (Wildman–Crippen MR) is 145 cm³/mol. The Labute approximate surface area is 214 Å². The Morgan fingerprint density at radius 2 is 1.86 bits per heavy atom. The van der Waals surface area contributed by atoms with Crippen molar-refractivity contribution in [3.8, 4) is 16.9 Å². The molecule has 1 aliphatic rings. The molecule has 190 valence electrons. The summed E-state index contributed by atoms with van der Waals surface area (Å²) in [5, 5.41) is 8.01. The Bertz CT molecular complexity index is 1280. The van der Waals surface area contributed by atoms with Gasteiger partial charge in [0.05, 0.1) is 17.5 Å². The van der Waals surface area contributed by atoms with Crippen LogP contribution in [0.4, 0.5) is 5.82 Å². The van der Waals surface area contributed by atoms with Crippen molar-refractivity contribution in [2.45, 2.75) is 91.2 Å². The van der Waals surface area contributed by atoms with Gasteiger partial charge in [-0.15, -0.1) is 0 Å². The van der Waals surface area contributed by atoms with E-state index in [1.807, 2.05) is 13.8 Å². The highest BCUT2D eigenvalue weighted by Crippen LogP contribution is 2.31. The number of rotatable bonds is 9. The highest BCUT2D eigenvalue weighted by molar-refractivity contribution is 5.72. The molecule has 6 heteroatoms. The molecular weight excluding hydrogens is 448 g/mol. The van der Waals surface area contributed by atoms with E-state index in [-0.39, 0.29) is 6.10 Å². The summed E-state index contributed by atoms with van der Waals surface area (Å²) in [6.07, 6.45) is 11.6. The third kappa shape index (κ3) is 5.28. The van der Waals surface area contributed by atoms with E-state index < -0.39 is 0 Å². The zero-order chi connectivity index (χ0) is 25.1. The van der Waals surface area contributed by atoms with Gasteiger partial charge in [-0.2, -0.15) is 0 Å².